The third-order valence-electron chi connectivity index (χ3n) is 4.64. The van der Waals surface area contributed by atoms with Gasteiger partial charge < -0.3 is 11.1 Å². The number of hydrogen-bond acceptors (Lipinski definition) is 3. The Labute approximate surface area is 141 Å². The number of nitrogens with one attached hydrogen (secondary N) is 1. The van der Waals surface area contributed by atoms with E-state index in [0.29, 0.717) is 28.7 Å². The van der Waals surface area contributed by atoms with E-state index in [9.17, 15) is 4.79 Å². The van der Waals surface area contributed by atoms with E-state index in [1.807, 2.05) is 24.4 Å². The van der Waals surface area contributed by atoms with Gasteiger partial charge in [0.15, 0.2) is 0 Å². The van der Waals surface area contributed by atoms with Crippen molar-refractivity contribution >= 4 is 16.8 Å². The molecule has 0 spiro atoms. The lowest BCUT2D eigenvalue weighted by molar-refractivity contribution is 0.100. The number of nitrogens with two attached hydrogens (primary N) is 1. The average molecular weight is 321 g/mol. The predicted octanol–water partition coefficient (Wildman–Crippen LogP) is 2.59. The molecular formula is C19H20N4O. The fourth-order valence-electron chi connectivity index (χ4n) is 3.33. The van der Waals surface area contributed by atoms with Crippen molar-refractivity contribution in [3.8, 4) is 5.69 Å². The summed E-state index contributed by atoms with van der Waals surface area (Å²) in [4.78, 5) is 11.6. The summed E-state index contributed by atoms with van der Waals surface area (Å²) < 4.78 is 10.1. The molecule has 1 aliphatic rings. The molecular weight excluding hydrogens is 300 g/mol. The zero-order valence-electron chi connectivity index (χ0n) is 14.3. The maximum Gasteiger partial charge on any atom is 0.250 e. The molecule has 1 aromatic heterocycles. The molecule has 0 bridgehead atoms. The normalized spacial score (nSPS) is 18.5. The number of carbonyl (C=O) groups is 1. The van der Waals surface area contributed by atoms with E-state index >= 15 is 0 Å². The SMILES string of the molecule is [2H]c1cc(C2CCCNC2)ccc1-n1cc2cccc(C(N)=O)c2n1. The van der Waals surface area contributed by atoms with Crippen molar-refractivity contribution in [2.75, 3.05) is 13.1 Å². The maximum absolute atomic E-state index is 11.6. The van der Waals surface area contributed by atoms with E-state index in [1.165, 1.54) is 12.0 Å². The molecule has 3 N–H and O–H groups in total. The highest BCUT2D eigenvalue weighted by Crippen LogP contribution is 2.25. The second kappa shape index (κ2) is 6.09. The summed E-state index contributed by atoms with van der Waals surface area (Å²) in [5, 5.41) is 8.73. The minimum Gasteiger partial charge on any atom is -0.366 e. The van der Waals surface area contributed by atoms with Gasteiger partial charge in [0.1, 0.15) is 5.52 Å². The number of piperidine rings is 1. The van der Waals surface area contributed by atoms with Gasteiger partial charge in [-0.3, -0.25) is 4.79 Å². The van der Waals surface area contributed by atoms with Gasteiger partial charge in [-0.1, -0.05) is 24.3 Å². The van der Waals surface area contributed by atoms with Crippen LogP contribution in [0.5, 0.6) is 0 Å². The summed E-state index contributed by atoms with van der Waals surface area (Å²) in [6.07, 6.45) is 4.15. The lowest BCUT2D eigenvalue weighted by atomic mass is 9.92. The van der Waals surface area contributed by atoms with Crippen LogP contribution < -0.4 is 11.1 Å². The Morgan fingerprint density at radius 3 is 3.00 bits per heavy atom. The molecule has 5 nitrogen and oxygen atoms in total. The summed E-state index contributed by atoms with van der Waals surface area (Å²) in [5.74, 6) is -0.0350. The number of rotatable bonds is 3. The molecule has 1 amide bonds. The van der Waals surface area contributed by atoms with Crippen molar-refractivity contribution in [1.29, 1.82) is 0 Å². The van der Waals surface area contributed by atoms with Crippen molar-refractivity contribution in [3.05, 3.63) is 59.8 Å². The standard InChI is InChI=1S/C19H20N4O/c20-19(24)17-5-1-3-15-12-23(22-18(15)17)16-8-6-13(7-9-16)14-4-2-10-21-11-14/h1,3,5-9,12,14,21H,2,4,10-11H2,(H2,20,24)/i8D. The van der Waals surface area contributed by atoms with Gasteiger partial charge in [-0.25, -0.2) is 4.68 Å². The van der Waals surface area contributed by atoms with Gasteiger partial charge in [0.25, 0.3) is 5.91 Å². The van der Waals surface area contributed by atoms with E-state index in [-0.39, 0.29) is 0 Å². The Morgan fingerprint density at radius 2 is 2.25 bits per heavy atom. The van der Waals surface area contributed by atoms with Crippen LogP contribution in [0.15, 0.2) is 48.6 Å². The second-order valence-electron chi connectivity index (χ2n) is 6.23. The molecule has 1 fully saturated rings. The van der Waals surface area contributed by atoms with Crippen LogP contribution in [-0.2, 0) is 0 Å². The summed E-state index contributed by atoms with van der Waals surface area (Å²) in [7, 11) is 0. The smallest absolute Gasteiger partial charge is 0.250 e. The molecule has 24 heavy (non-hydrogen) atoms. The van der Waals surface area contributed by atoms with E-state index in [4.69, 9.17) is 7.10 Å². The molecule has 2 heterocycles. The Morgan fingerprint density at radius 1 is 1.33 bits per heavy atom. The van der Waals surface area contributed by atoms with Crippen LogP contribution in [0.3, 0.4) is 0 Å². The van der Waals surface area contributed by atoms with E-state index in [1.54, 1.807) is 16.8 Å². The quantitative estimate of drug-likeness (QED) is 0.779. The third kappa shape index (κ3) is 2.67. The highest BCUT2D eigenvalue weighted by molar-refractivity contribution is 6.04. The summed E-state index contributed by atoms with van der Waals surface area (Å²) in [6.45, 7) is 2.04. The molecule has 5 heteroatoms. The minimum atomic E-state index is -0.498. The van der Waals surface area contributed by atoms with Gasteiger partial charge in [-0.2, -0.15) is 5.10 Å². The van der Waals surface area contributed by atoms with Crippen molar-refractivity contribution in [2.45, 2.75) is 18.8 Å². The number of nitrogens with zero attached hydrogens (tertiary/aromatic N) is 2. The van der Waals surface area contributed by atoms with Crippen molar-refractivity contribution in [3.63, 3.8) is 0 Å². The summed E-state index contributed by atoms with van der Waals surface area (Å²) in [6, 6.07) is 11.7. The van der Waals surface area contributed by atoms with Gasteiger partial charge in [0.05, 0.1) is 12.6 Å². The van der Waals surface area contributed by atoms with Crippen LogP contribution >= 0.6 is 0 Å². The number of amides is 1. The highest BCUT2D eigenvalue weighted by atomic mass is 16.1. The lowest BCUT2D eigenvalue weighted by Crippen LogP contribution is -2.28. The number of aromatic nitrogens is 2. The van der Waals surface area contributed by atoms with E-state index in [0.717, 1.165) is 24.9 Å². The zero-order chi connectivity index (χ0) is 17.4. The topological polar surface area (TPSA) is 72.9 Å². The van der Waals surface area contributed by atoms with Gasteiger partial charge >= 0.3 is 0 Å². The fourth-order valence-corrected chi connectivity index (χ4v) is 3.33. The molecule has 1 unspecified atom stereocenters. The van der Waals surface area contributed by atoms with Crippen molar-refractivity contribution in [2.24, 2.45) is 5.73 Å². The zero-order valence-corrected chi connectivity index (χ0v) is 13.3. The molecule has 0 radical (unpaired) electrons. The molecule has 1 aliphatic heterocycles. The molecule has 122 valence electrons. The Balaban J connectivity index is 1.73. The molecule has 3 aromatic rings. The van der Waals surface area contributed by atoms with Crippen LogP contribution in [0.2, 0.25) is 0 Å². The average Bonchev–Trinajstić information content (AvgIpc) is 3.06. The predicted molar refractivity (Wildman–Crippen MR) is 94.4 cm³/mol. The highest BCUT2D eigenvalue weighted by Gasteiger charge is 2.15. The molecule has 1 saturated heterocycles. The van der Waals surface area contributed by atoms with E-state index < -0.39 is 5.91 Å². The lowest BCUT2D eigenvalue weighted by Gasteiger charge is -2.23. The van der Waals surface area contributed by atoms with Crippen molar-refractivity contribution < 1.29 is 6.17 Å². The molecule has 0 aliphatic carbocycles. The van der Waals surface area contributed by atoms with Crippen LogP contribution in [0.1, 0.15) is 36.1 Å². The van der Waals surface area contributed by atoms with Gasteiger partial charge in [0, 0.05) is 18.1 Å². The molecule has 0 saturated carbocycles. The first-order chi connectivity index (χ1) is 12.1. The first kappa shape index (κ1) is 13.7. The Bertz CT molecular complexity index is 944. The van der Waals surface area contributed by atoms with Gasteiger partial charge in [-0.05, 0) is 49.0 Å². The number of hydrogen-bond donors (Lipinski definition) is 2. The first-order valence-corrected chi connectivity index (χ1v) is 8.23. The first-order valence-electron chi connectivity index (χ1n) is 8.73. The third-order valence-corrected chi connectivity index (χ3v) is 4.64. The number of carbonyl (C=O) groups excluding carboxylic acids is 1. The molecule has 1 atom stereocenters. The fraction of sp³-hybridized carbons (Fsp3) is 0.263. The van der Waals surface area contributed by atoms with Crippen LogP contribution in [0.4, 0.5) is 0 Å². The van der Waals surface area contributed by atoms with Crippen molar-refractivity contribution in [1.82, 2.24) is 15.1 Å². The van der Waals surface area contributed by atoms with Gasteiger partial charge in [0.2, 0.25) is 0 Å². The maximum atomic E-state index is 11.6. The Kier molecular flexibility index (Phi) is 3.49. The van der Waals surface area contributed by atoms with E-state index in [2.05, 4.69) is 16.5 Å². The number of benzene rings is 2. The monoisotopic (exact) mass is 321 g/mol. The Hall–Kier alpha value is -2.66. The second-order valence-corrected chi connectivity index (χ2v) is 6.23. The largest absolute Gasteiger partial charge is 0.366 e. The van der Waals surface area contributed by atoms with Crippen LogP contribution in [0.25, 0.3) is 16.6 Å². The number of primary amides is 1. The molecule has 2 aromatic carbocycles. The van der Waals surface area contributed by atoms with Crippen LogP contribution in [0, 0.1) is 0 Å². The number of fused-ring (bicyclic) bond motifs is 1. The van der Waals surface area contributed by atoms with Crippen LogP contribution in [-0.4, -0.2) is 28.8 Å². The summed E-state index contributed by atoms with van der Waals surface area (Å²) in [5.41, 5.74) is 8.27. The minimum absolute atomic E-state index is 0.396. The molecule has 4 rings (SSSR count). The van der Waals surface area contributed by atoms with Gasteiger partial charge in [-0.15, -0.1) is 0 Å². The summed E-state index contributed by atoms with van der Waals surface area (Å²) >= 11 is 0.